The van der Waals surface area contributed by atoms with Crippen molar-refractivity contribution in [1.29, 1.82) is 0 Å². The molecule has 0 bridgehead atoms. The van der Waals surface area contributed by atoms with Gasteiger partial charge in [0, 0.05) is 39.3 Å². The maximum atomic E-state index is 5.30. The second kappa shape index (κ2) is 7.17. The van der Waals surface area contributed by atoms with Gasteiger partial charge >= 0.3 is 0 Å². The Morgan fingerprint density at radius 3 is 2.79 bits per heavy atom. The molecule has 1 rings (SSSR count). The van der Waals surface area contributed by atoms with Gasteiger partial charge in [-0.1, -0.05) is 0 Å². The fourth-order valence-corrected chi connectivity index (χ4v) is 1.64. The molecule has 14 heavy (non-hydrogen) atoms. The lowest BCUT2D eigenvalue weighted by molar-refractivity contribution is 0.0341. The van der Waals surface area contributed by atoms with Crippen molar-refractivity contribution < 1.29 is 9.47 Å². The highest BCUT2D eigenvalue weighted by Gasteiger charge is 2.12. The third-order valence-corrected chi connectivity index (χ3v) is 2.43. The van der Waals surface area contributed by atoms with Crippen LogP contribution in [0, 0.1) is 0 Å². The minimum atomic E-state index is 0.531. The Morgan fingerprint density at radius 1 is 1.43 bits per heavy atom. The summed E-state index contributed by atoms with van der Waals surface area (Å²) in [5.41, 5.74) is 0. The molecule has 1 fully saturated rings. The van der Waals surface area contributed by atoms with Crippen LogP contribution in [0.5, 0.6) is 0 Å². The molecule has 1 atom stereocenters. The largest absolute Gasteiger partial charge is 0.383 e. The van der Waals surface area contributed by atoms with Crippen molar-refractivity contribution in [2.75, 3.05) is 53.1 Å². The Balaban J connectivity index is 2.03. The van der Waals surface area contributed by atoms with E-state index in [1.54, 1.807) is 7.11 Å². The van der Waals surface area contributed by atoms with E-state index in [4.69, 9.17) is 9.47 Å². The predicted octanol–water partition coefficient (Wildman–Crippen LogP) is -0.0569. The highest BCUT2D eigenvalue weighted by atomic mass is 16.5. The van der Waals surface area contributed by atoms with Gasteiger partial charge in [0.1, 0.15) is 0 Å². The number of nitrogens with one attached hydrogen (secondary N) is 1. The molecule has 0 saturated carbocycles. The molecule has 0 spiro atoms. The lowest BCUT2D eigenvalue weighted by Crippen LogP contribution is -2.45. The lowest BCUT2D eigenvalue weighted by atomic mass is 10.3. The summed E-state index contributed by atoms with van der Waals surface area (Å²) in [7, 11) is 1.73. The quantitative estimate of drug-likeness (QED) is 0.612. The van der Waals surface area contributed by atoms with Crippen molar-refractivity contribution in [3.05, 3.63) is 0 Å². The summed E-state index contributed by atoms with van der Waals surface area (Å²) in [4.78, 5) is 2.44. The Bertz CT molecular complexity index is 138. The van der Waals surface area contributed by atoms with Gasteiger partial charge in [-0.15, -0.1) is 0 Å². The Labute approximate surface area is 86.6 Å². The summed E-state index contributed by atoms with van der Waals surface area (Å²) < 4.78 is 10.3. The molecule has 1 unspecified atom stereocenters. The molecule has 1 saturated heterocycles. The third kappa shape index (κ3) is 4.91. The van der Waals surface area contributed by atoms with Crippen LogP contribution in [-0.2, 0) is 9.47 Å². The average molecular weight is 202 g/mol. The van der Waals surface area contributed by atoms with Gasteiger partial charge in [0.25, 0.3) is 0 Å². The van der Waals surface area contributed by atoms with Crippen molar-refractivity contribution in [2.24, 2.45) is 0 Å². The first-order valence-electron chi connectivity index (χ1n) is 5.35. The van der Waals surface area contributed by atoms with Crippen LogP contribution >= 0.6 is 0 Å². The number of rotatable bonds is 6. The molecule has 1 heterocycles. The fourth-order valence-electron chi connectivity index (χ4n) is 1.64. The van der Waals surface area contributed by atoms with Crippen molar-refractivity contribution in [3.63, 3.8) is 0 Å². The summed E-state index contributed by atoms with van der Waals surface area (Å²) in [6.07, 6.45) is 0. The van der Waals surface area contributed by atoms with E-state index in [0.717, 1.165) is 46.0 Å². The number of hydrogen-bond donors (Lipinski definition) is 1. The van der Waals surface area contributed by atoms with Gasteiger partial charge < -0.3 is 14.8 Å². The smallest absolute Gasteiger partial charge is 0.0594 e. The Kier molecular flexibility index (Phi) is 6.10. The molecule has 0 amide bonds. The SMILES string of the molecule is COCCNC(C)CN1CCOCC1. The van der Waals surface area contributed by atoms with Crippen LogP contribution in [0.2, 0.25) is 0 Å². The summed E-state index contributed by atoms with van der Waals surface area (Å²) in [6.45, 7) is 8.93. The van der Waals surface area contributed by atoms with Crippen LogP contribution in [0.1, 0.15) is 6.92 Å². The van der Waals surface area contributed by atoms with Crippen LogP contribution in [0.15, 0.2) is 0 Å². The predicted molar refractivity (Wildman–Crippen MR) is 56.6 cm³/mol. The molecule has 1 aliphatic heterocycles. The average Bonchev–Trinajstić information content (AvgIpc) is 2.20. The summed E-state index contributed by atoms with van der Waals surface area (Å²) >= 11 is 0. The standard InChI is InChI=1S/C10H22N2O2/c1-10(11-3-6-13-2)9-12-4-7-14-8-5-12/h10-11H,3-9H2,1-2H3. The van der Waals surface area contributed by atoms with E-state index in [0.29, 0.717) is 6.04 Å². The second-order valence-electron chi connectivity index (χ2n) is 3.76. The van der Waals surface area contributed by atoms with Crippen molar-refractivity contribution in [1.82, 2.24) is 10.2 Å². The van der Waals surface area contributed by atoms with Gasteiger partial charge in [-0.05, 0) is 6.92 Å². The van der Waals surface area contributed by atoms with Gasteiger partial charge in [-0.25, -0.2) is 0 Å². The van der Waals surface area contributed by atoms with Crippen molar-refractivity contribution in [2.45, 2.75) is 13.0 Å². The fraction of sp³-hybridized carbons (Fsp3) is 1.00. The third-order valence-electron chi connectivity index (χ3n) is 2.43. The minimum Gasteiger partial charge on any atom is -0.383 e. The zero-order valence-corrected chi connectivity index (χ0v) is 9.29. The minimum absolute atomic E-state index is 0.531. The first-order chi connectivity index (χ1) is 6.83. The number of ether oxygens (including phenoxy) is 2. The summed E-state index contributed by atoms with van der Waals surface area (Å²) in [5.74, 6) is 0. The topological polar surface area (TPSA) is 33.7 Å². The van der Waals surface area contributed by atoms with Crippen LogP contribution < -0.4 is 5.32 Å². The number of morpholine rings is 1. The molecule has 4 heteroatoms. The molecular weight excluding hydrogens is 180 g/mol. The molecule has 0 radical (unpaired) electrons. The van der Waals surface area contributed by atoms with Gasteiger partial charge in [0.05, 0.1) is 19.8 Å². The van der Waals surface area contributed by atoms with E-state index in [1.807, 2.05) is 0 Å². The molecule has 1 aliphatic rings. The van der Waals surface area contributed by atoms with E-state index in [-0.39, 0.29) is 0 Å². The molecule has 0 aromatic carbocycles. The van der Waals surface area contributed by atoms with E-state index < -0.39 is 0 Å². The summed E-state index contributed by atoms with van der Waals surface area (Å²) in [6, 6.07) is 0.531. The zero-order chi connectivity index (χ0) is 10.2. The van der Waals surface area contributed by atoms with E-state index in [9.17, 15) is 0 Å². The number of hydrogen-bond acceptors (Lipinski definition) is 4. The van der Waals surface area contributed by atoms with Crippen LogP contribution in [-0.4, -0.2) is 64.1 Å². The molecule has 0 aromatic rings. The van der Waals surface area contributed by atoms with E-state index in [1.165, 1.54) is 0 Å². The number of nitrogens with zero attached hydrogens (tertiary/aromatic N) is 1. The molecule has 0 aliphatic carbocycles. The van der Waals surface area contributed by atoms with Crippen molar-refractivity contribution >= 4 is 0 Å². The molecular formula is C10H22N2O2. The van der Waals surface area contributed by atoms with Gasteiger partial charge in [-0.3, -0.25) is 4.90 Å². The first-order valence-corrected chi connectivity index (χ1v) is 5.35. The zero-order valence-electron chi connectivity index (χ0n) is 9.29. The maximum Gasteiger partial charge on any atom is 0.0594 e. The van der Waals surface area contributed by atoms with E-state index >= 15 is 0 Å². The summed E-state index contributed by atoms with van der Waals surface area (Å²) in [5, 5.41) is 3.42. The molecule has 84 valence electrons. The Morgan fingerprint density at radius 2 is 2.14 bits per heavy atom. The lowest BCUT2D eigenvalue weighted by Gasteiger charge is -2.29. The second-order valence-corrected chi connectivity index (χ2v) is 3.76. The van der Waals surface area contributed by atoms with Crippen LogP contribution in [0.25, 0.3) is 0 Å². The monoisotopic (exact) mass is 202 g/mol. The normalized spacial score (nSPS) is 21.0. The molecule has 1 N–H and O–H groups in total. The Hall–Kier alpha value is -0.160. The van der Waals surface area contributed by atoms with Crippen LogP contribution in [0.3, 0.4) is 0 Å². The maximum absolute atomic E-state index is 5.30. The van der Waals surface area contributed by atoms with E-state index in [2.05, 4.69) is 17.1 Å². The van der Waals surface area contributed by atoms with Gasteiger partial charge in [0.15, 0.2) is 0 Å². The van der Waals surface area contributed by atoms with Crippen LogP contribution in [0.4, 0.5) is 0 Å². The van der Waals surface area contributed by atoms with Crippen molar-refractivity contribution in [3.8, 4) is 0 Å². The molecule has 4 nitrogen and oxygen atoms in total. The van der Waals surface area contributed by atoms with Gasteiger partial charge in [-0.2, -0.15) is 0 Å². The highest BCUT2D eigenvalue weighted by Crippen LogP contribution is 1.97. The van der Waals surface area contributed by atoms with Gasteiger partial charge in [0.2, 0.25) is 0 Å². The first kappa shape index (κ1) is 11.9. The highest BCUT2D eigenvalue weighted by molar-refractivity contribution is 4.69. The number of methoxy groups -OCH3 is 1. The molecule has 0 aromatic heterocycles.